The minimum Gasteiger partial charge on any atom is -0.353 e. The molecular weight excluding hydrogens is 220 g/mol. The lowest BCUT2D eigenvalue weighted by Crippen LogP contribution is -2.53. The van der Waals surface area contributed by atoms with Crippen molar-refractivity contribution in [3.8, 4) is 0 Å². The molecule has 1 atom stereocenters. The van der Waals surface area contributed by atoms with E-state index in [1.54, 1.807) is 0 Å². The zero-order chi connectivity index (χ0) is 11.6. The minimum atomic E-state index is -3.39. The molecule has 7 heteroatoms. The van der Waals surface area contributed by atoms with Crippen LogP contribution in [0, 0.1) is 0 Å². The summed E-state index contributed by atoms with van der Waals surface area (Å²) in [5, 5.41) is 1.48. The van der Waals surface area contributed by atoms with Crippen molar-refractivity contribution in [3.63, 3.8) is 0 Å². The lowest BCUT2D eigenvalue weighted by atomic mass is 10.3. The molecule has 1 aliphatic rings. The highest BCUT2D eigenvalue weighted by atomic mass is 32.2. The second-order valence-electron chi connectivity index (χ2n) is 3.58. The first-order chi connectivity index (χ1) is 6.82. The van der Waals surface area contributed by atoms with Gasteiger partial charge < -0.3 is 10.2 Å². The van der Waals surface area contributed by atoms with Crippen molar-refractivity contribution in [1.82, 2.24) is 10.2 Å². The molecule has 1 fully saturated rings. The van der Waals surface area contributed by atoms with E-state index in [9.17, 15) is 18.0 Å². The van der Waals surface area contributed by atoms with Crippen LogP contribution in [0.5, 0.6) is 0 Å². The molecule has 0 aromatic heterocycles. The number of hydrogen-bond acceptors (Lipinski definition) is 4. The van der Waals surface area contributed by atoms with Crippen LogP contribution in [0.2, 0.25) is 0 Å². The lowest BCUT2D eigenvalue weighted by Gasteiger charge is -2.28. The summed E-state index contributed by atoms with van der Waals surface area (Å²) < 4.78 is 22.3. The Morgan fingerprint density at radius 3 is 2.60 bits per heavy atom. The number of carbonyl (C=O) groups excluding carboxylic acids is 2. The van der Waals surface area contributed by atoms with Gasteiger partial charge >= 0.3 is 0 Å². The van der Waals surface area contributed by atoms with Crippen LogP contribution in [0.25, 0.3) is 0 Å². The predicted octanol–water partition coefficient (Wildman–Crippen LogP) is -1.62. The molecule has 1 rings (SSSR count). The Bertz CT molecular complexity index is 376. The molecule has 2 amide bonds. The van der Waals surface area contributed by atoms with Gasteiger partial charge in [0.15, 0.2) is 9.84 Å². The van der Waals surface area contributed by atoms with E-state index in [0.29, 0.717) is 13.1 Å². The van der Waals surface area contributed by atoms with Crippen LogP contribution in [0.4, 0.5) is 0 Å². The number of nitrogens with one attached hydrogen (secondary N) is 1. The zero-order valence-corrected chi connectivity index (χ0v) is 9.50. The van der Waals surface area contributed by atoms with E-state index in [-0.39, 0.29) is 12.5 Å². The molecule has 0 bridgehead atoms. The lowest BCUT2D eigenvalue weighted by molar-refractivity contribution is -0.137. The van der Waals surface area contributed by atoms with Gasteiger partial charge in [-0.1, -0.05) is 0 Å². The Hall–Kier alpha value is -1.11. The normalized spacial score (nSPS) is 19.6. The van der Waals surface area contributed by atoms with Gasteiger partial charge in [0, 0.05) is 19.3 Å². The van der Waals surface area contributed by atoms with Crippen LogP contribution in [-0.4, -0.2) is 56.3 Å². The average molecular weight is 234 g/mol. The van der Waals surface area contributed by atoms with Gasteiger partial charge in [-0.2, -0.15) is 0 Å². The molecule has 1 heterocycles. The summed E-state index contributed by atoms with van der Waals surface area (Å²) in [5.41, 5.74) is 0. The van der Waals surface area contributed by atoms with Crippen LogP contribution >= 0.6 is 0 Å². The third-order valence-corrected chi connectivity index (χ3v) is 3.83. The maximum atomic E-state index is 11.7. The number of hydrogen-bond donors (Lipinski definition) is 1. The second kappa shape index (κ2) is 4.18. The predicted molar refractivity (Wildman–Crippen MR) is 53.9 cm³/mol. The average Bonchev–Trinajstić information content (AvgIpc) is 2.14. The number of sulfone groups is 1. The van der Waals surface area contributed by atoms with Gasteiger partial charge in [0.2, 0.25) is 11.8 Å². The first-order valence-corrected chi connectivity index (χ1v) is 6.52. The number of carbonyl (C=O) groups is 2. The Morgan fingerprint density at radius 2 is 2.13 bits per heavy atom. The third-order valence-electron chi connectivity index (χ3n) is 2.34. The summed E-state index contributed by atoms with van der Waals surface area (Å²) in [6.07, 6.45) is 1.01. The Balaban J connectivity index is 2.72. The van der Waals surface area contributed by atoms with E-state index >= 15 is 0 Å². The maximum Gasteiger partial charge on any atom is 0.241 e. The van der Waals surface area contributed by atoms with Crippen LogP contribution in [-0.2, 0) is 19.4 Å². The van der Waals surface area contributed by atoms with Gasteiger partial charge in [-0.05, 0) is 6.92 Å². The summed E-state index contributed by atoms with van der Waals surface area (Å²) in [4.78, 5) is 23.9. The molecule has 6 nitrogen and oxygen atoms in total. The molecule has 0 unspecified atom stereocenters. The second-order valence-corrected chi connectivity index (χ2v) is 5.95. The largest absolute Gasteiger partial charge is 0.353 e. The number of nitrogens with zero attached hydrogens (tertiary/aromatic N) is 1. The number of rotatable bonds is 2. The van der Waals surface area contributed by atoms with E-state index in [2.05, 4.69) is 5.32 Å². The summed E-state index contributed by atoms with van der Waals surface area (Å²) >= 11 is 0. The Labute approximate surface area is 88.5 Å². The Morgan fingerprint density at radius 1 is 1.53 bits per heavy atom. The van der Waals surface area contributed by atoms with E-state index in [1.807, 2.05) is 0 Å². The summed E-state index contributed by atoms with van der Waals surface area (Å²) in [7, 11) is -3.39. The van der Waals surface area contributed by atoms with E-state index in [0.717, 1.165) is 6.26 Å². The highest BCUT2D eigenvalue weighted by Crippen LogP contribution is 2.05. The monoisotopic (exact) mass is 234 g/mol. The van der Waals surface area contributed by atoms with Crippen LogP contribution in [0.3, 0.4) is 0 Å². The SMILES string of the molecule is C[C@H](C(=O)N1CCNC(=O)C1)S(C)(=O)=O. The molecule has 0 aromatic carbocycles. The molecule has 15 heavy (non-hydrogen) atoms. The smallest absolute Gasteiger partial charge is 0.241 e. The number of piperazine rings is 1. The van der Waals surface area contributed by atoms with Crippen LogP contribution in [0.15, 0.2) is 0 Å². The molecule has 1 saturated heterocycles. The van der Waals surface area contributed by atoms with Crippen LogP contribution in [0.1, 0.15) is 6.92 Å². The van der Waals surface area contributed by atoms with E-state index < -0.39 is 21.0 Å². The van der Waals surface area contributed by atoms with Crippen molar-refractivity contribution in [1.29, 1.82) is 0 Å². The topological polar surface area (TPSA) is 83.6 Å². The molecule has 86 valence electrons. The molecular formula is C8H14N2O4S. The fraction of sp³-hybridized carbons (Fsp3) is 0.750. The minimum absolute atomic E-state index is 0.0569. The fourth-order valence-electron chi connectivity index (χ4n) is 1.27. The van der Waals surface area contributed by atoms with Gasteiger partial charge in [0.25, 0.3) is 0 Å². The van der Waals surface area contributed by atoms with Gasteiger partial charge in [-0.15, -0.1) is 0 Å². The summed E-state index contributed by atoms with van der Waals surface area (Å²) in [6.45, 7) is 2.02. The quantitative estimate of drug-likeness (QED) is 0.622. The highest BCUT2D eigenvalue weighted by molar-refractivity contribution is 7.92. The van der Waals surface area contributed by atoms with Crippen molar-refractivity contribution in [2.45, 2.75) is 12.2 Å². The number of amides is 2. The first kappa shape index (κ1) is 12.0. The molecule has 0 saturated carbocycles. The van der Waals surface area contributed by atoms with E-state index in [1.165, 1.54) is 11.8 Å². The molecule has 1 N–H and O–H groups in total. The third kappa shape index (κ3) is 2.92. The van der Waals surface area contributed by atoms with Crippen molar-refractivity contribution >= 4 is 21.7 Å². The van der Waals surface area contributed by atoms with Gasteiger partial charge in [0.05, 0.1) is 6.54 Å². The van der Waals surface area contributed by atoms with Gasteiger partial charge in [-0.25, -0.2) is 8.42 Å². The van der Waals surface area contributed by atoms with Gasteiger partial charge in [0.1, 0.15) is 5.25 Å². The van der Waals surface area contributed by atoms with Crippen molar-refractivity contribution in [3.05, 3.63) is 0 Å². The molecule has 0 spiro atoms. The van der Waals surface area contributed by atoms with Crippen molar-refractivity contribution < 1.29 is 18.0 Å². The Kier molecular flexibility index (Phi) is 3.33. The summed E-state index contributed by atoms with van der Waals surface area (Å²) in [6, 6.07) is 0. The first-order valence-electron chi connectivity index (χ1n) is 4.56. The fourth-order valence-corrected chi connectivity index (χ4v) is 1.78. The molecule has 1 aliphatic heterocycles. The van der Waals surface area contributed by atoms with Crippen LogP contribution < -0.4 is 5.32 Å². The van der Waals surface area contributed by atoms with Gasteiger partial charge in [-0.3, -0.25) is 9.59 Å². The molecule has 0 aliphatic carbocycles. The standard InChI is InChI=1S/C8H14N2O4S/c1-6(15(2,13)14)8(12)10-4-3-9-7(11)5-10/h6H,3-5H2,1-2H3,(H,9,11)/t6-/m1/s1. The maximum absolute atomic E-state index is 11.7. The van der Waals surface area contributed by atoms with Crippen molar-refractivity contribution in [2.75, 3.05) is 25.9 Å². The molecule has 0 radical (unpaired) electrons. The summed E-state index contributed by atoms with van der Waals surface area (Å²) in [5.74, 6) is -0.761. The zero-order valence-electron chi connectivity index (χ0n) is 8.69. The highest BCUT2D eigenvalue weighted by Gasteiger charge is 2.30. The molecule has 0 aromatic rings. The van der Waals surface area contributed by atoms with E-state index in [4.69, 9.17) is 0 Å². The van der Waals surface area contributed by atoms with Crippen molar-refractivity contribution in [2.24, 2.45) is 0 Å².